The number of fused-ring (bicyclic) bond motifs is 5. The van der Waals surface area contributed by atoms with E-state index in [-0.39, 0.29) is 46.5 Å². The second kappa shape index (κ2) is 11.8. The van der Waals surface area contributed by atoms with Gasteiger partial charge in [-0.1, -0.05) is 12.0 Å². The molecule has 0 amide bonds. The van der Waals surface area contributed by atoms with Crippen LogP contribution < -0.4 is 19.7 Å². The number of rotatable bonds is 8. The van der Waals surface area contributed by atoms with Crippen molar-refractivity contribution in [2.24, 2.45) is 0 Å². The molecule has 4 aliphatic heterocycles. The SMILES string of the molecule is C#Cc1c(F)ccc2cc(OC)cc(-c3ncc4c(N5C[C@@H]6CC[C@](COC)(C5)N6)nc(OC[C@@]56CCCN5C[C@H](F)C6)nc4c3F)c12. The van der Waals surface area contributed by atoms with Gasteiger partial charge in [-0.2, -0.15) is 9.97 Å². The number of nitrogens with zero attached hydrogens (tertiary/aromatic N) is 5. The highest BCUT2D eigenvalue weighted by Gasteiger charge is 2.50. The zero-order valence-corrected chi connectivity index (χ0v) is 27.0. The third-order valence-corrected chi connectivity index (χ3v) is 10.7. The molecule has 2 aromatic carbocycles. The molecule has 1 N–H and O–H groups in total. The fourth-order valence-corrected chi connectivity index (χ4v) is 8.60. The monoisotopic (exact) mass is 658 g/mol. The van der Waals surface area contributed by atoms with Gasteiger partial charge in [-0.3, -0.25) is 9.88 Å². The van der Waals surface area contributed by atoms with Gasteiger partial charge in [0.15, 0.2) is 5.82 Å². The van der Waals surface area contributed by atoms with E-state index in [9.17, 15) is 8.78 Å². The van der Waals surface area contributed by atoms with E-state index in [0.717, 1.165) is 32.2 Å². The Balaban J connectivity index is 1.28. The summed E-state index contributed by atoms with van der Waals surface area (Å²) in [7, 11) is 3.19. The zero-order valence-electron chi connectivity index (χ0n) is 27.0. The van der Waals surface area contributed by atoms with Gasteiger partial charge in [0.1, 0.15) is 41.4 Å². The summed E-state index contributed by atoms with van der Waals surface area (Å²) in [5.41, 5.74) is -0.486. The van der Waals surface area contributed by atoms with E-state index < -0.39 is 23.3 Å². The maximum Gasteiger partial charge on any atom is 0.319 e. The maximum absolute atomic E-state index is 17.0. The van der Waals surface area contributed by atoms with Crippen molar-refractivity contribution in [1.82, 2.24) is 25.2 Å². The number of hydrogen-bond acceptors (Lipinski definition) is 9. The van der Waals surface area contributed by atoms with Crippen molar-refractivity contribution in [1.29, 1.82) is 0 Å². The number of terminal acetylenes is 1. The van der Waals surface area contributed by atoms with Crippen molar-refractivity contribution >= 4 is 27.5 Å². The quantitative estimate of drug-likeness (QED) is 0.262. The third kappa shape index (κ3) is 5.02. The van der Waals surface area contributed by atoms with E-state index in [0.29, 0.717) is 60.4 Å². The molecule has 9 nitrogen and oxygen atoms in total. The molecule has 12 heteroatoms. The summed E-state index contributed by atoms with van der Waals surface area (Å²) >= 11 is 0. The lowest BCUT2D eigenvalue weighted by Gasteiger charge is -2.41. The second-order valence-electron chi connectivity index (χ2n) is 13.7. The summed E-state index contributed by atoms with van der Waals surface area (Å²) in [4.78, 5) is 18.4. The van der Waals surface area contributed by atoms with E-state index in [4.69, 9.17) is 25.6 Å². The van der Waals surface area contributed by atoms with E-state index in [1.54, 1.807) is 31.5 Å². The van der Waals surface area contributed by atoms with E-state index in [1.165, 1.54) is 13.2 Å². The number of pyridine rings is 1. The summed E-state index contributed by atoms with van der Waals surface area (Å²) in [6, 6.07) is 6.39. The predicted octanol–water partition coefficient (Wildman–Crippen LogP) is 5.03. The Morgan fingerprint density at radius 2 is 2.00 bits per heavy atom. The molecule has 0 unspecified atom stereocenters. The van der Waals surface area contributed by atoms with Crippen LogP contribution in [0.4, 0.5) is 19.0 Å². The Labute approximate surface area is 276 Å². The van der Waals surface area contributed by atoms with Crippen LogP contribution in [0.5, 0.6) is 11.8 Å². The van der Waals surface area contributed by atoms with Gasteiger partial charge in [0.2, 0.25) is 0 Å². The first-order valence-corrected chi connectivity index (χ1v) is 16.4. The predicted molar refractivity (Wildman–Crippen MR) is 176 cm³/mol. The summed E-state index contributed by atoms with van der Waals surface area (Å²) in [5, 5.41) is 5.05. The molecule has 0 saturated carbocycles. The standard InChI is InChI=1S/C36H37F3N6O3/c1-4-25-28(38)7-6-21-12-24(47-3)13-26(29(21)25)31-30(39)32-27(15-40-31)33(44-17-23-8-10-35(18-44,43-23)19-46-2)42-34(41-32)48-20-36-9-5-11-45(36)16-22(37)14-36/h1,6-7,12-13,15,22-23,43H,5,8-11,14,16-20H2,2-3H3/t22-,23+,35-,36+/m1/s1. The smallest absolute Gasteiger partial charge is 0.319 e. The molecule has 250 valence electrons. The van der Waals surface area contributed by atoms with Crippen molar-refractivity contribution < 1.29 is 27.4 Å². The largest absolute Gasteiger partial charge is 0.497 e. The summed E-state index contributed by atoms with van der Waals surface area (Å²) in [5.74, 6) is 2.05. The number of ether oxygens (including phenoxy) is 3. The molecule has 6 heterocycles. The fraction of sp³-hybridized carbons (Fsp3) is 0.472. The first kappa shape index (κ1) is 31.1. The second-order valence-corrected chi connectivity index (χ2v) is 13.7. The van der Waals surface area contributed by atoms with E-state index >= 15 is 4.39 Å². The molecule has 4 atom stereocenters. The summed E-state index contributed by atoms with van der Waals surface area (Å²) < 4.78 is 64.0. The van der Waals surface area contributed by atoms with Gasteiger partial charge < -0.3 is 24.4 Å². The van der Waals surface area contributed by atoms with Crippen LogP contribution in [0, 0.1) is 24.0 Å². The molecule has 4 aliphatic rings. The van der Waals surface area contributed by atoms with Crippen LogP contribution in [0.3, 0.4) is 0 Å². The normalized spacial score (nSPS) is 26.7. The van der Waals surface area contributed by atoms with Gasteiger partial charge in [-0.15, -0.1) is 6.42 Å². The number of hydrogen-bond donors (Lipinski definition) is 1. The Kier molecular flexibility index (Phi) is 7.62. The van der Waals surface area contributed by atoms with Crippen molar-refractivity contribution in [2.75, 3.05) is 58.5 Å². The lowest BCUT2D eigenvalue weighted by molar-refractivity contribution is 0.107. The molecule has 4 aromatic rings. The van der Waals surface area contributed by atoms with Crippen molar-refractivity contribution in [2.45, 2.75) is 55.4 Å². The lowest BCUT2D eigenvalue weighted by atomic mass is 9.95. The van der Waals surface area contributed by atoms with Crippen molar-refractivity contribution in [3.8, 4) is 35.4 Å². The average Bonchev–Trinajstić information content (AvgIpc) is 3.71. The maximum atomic E-state index is 17.0. The van der Waals surface area contributed by atoms with Gasteiger partial charge in [0.25, 0.3) is 0 Å². The van der Waals surface area contributed by atoms with Crippen LogP contribution in [0.2, 0.25) is 0 Å². The number of aromatic nitrogens is 3. The first-order chi connectivity index (χ1) is 23.2. The highest BCUT2D eigenvalue weighted by Crippen LogP contribution is 2.42. The number of piperazine rings is 1. The molecule has 8 rings (SSSR count). The molecular weight excluding hydrogens is 621 g/mol. The fourth-order valence-electron chi connectivity index (χ4n) is 8.60. The molecule has 0 spiro atoms. The molecule has 4 fully saturated rings. The number of benzene rings is 2. The van der Waals surface area contributed by atoms with Crippen molar-refractivity contribution in [3.05, 3.63) is 47.7 Å². The topological polar surface area (TPSA) is 84.9 Å². The molecule has 2 aromatic heterocycles. The molecule has 0 radical (unpaired) electrons. The molecule has 0 aliphatic carbocycles. The van der Waals surface area contributed by atoms with Gasteiger partial charge in [0.05, 0.1) is 35.7 Å². The Hall–Kier alpha value is -4.18. The van der Waals surface area contributed by atoms with Crippen LogP contribution >= 0.6 is 0 Å². The molecule has 4 saturated heterocycles. The highest BCUT2D eigenvalue weighted by atomic mass is 19.1. The summed E-state index contributed by atoms with van der Waals surface area (Å²) in [6.07, 6.45) is 10.5. The Bertz CT molecular complexity index is 1970. The van der Waals surface area contributed by atoms with Crippen LogP contribution in [0.15, 0.2) is 30.5 Å². The van der Waals surface area contributed by atoms with Crippen LogP contribution in [0.25, 0.3) is 32.9 Å². The number of anilines is 1. The summed E-state index contributed by atoms with van der Waals surface area (Å²) in [6.45, 7) is 3.14. The number of alkyl halides is 1. The van der Waals surface area contributed by atoms with Gasteiger partial charge >= 0.3 is 6.01 Å². The first-order valence-electron chi connectivity index (χ1n) is 16.4. The average molecular weight is 659 g/mol. The molecule has 48 heavy (non-hydrogen) atoms. The lowest BCUT2D eigenvalue weighted by Crippen LogP contribution is -2.61. The van der Waals surface area contributed by atoms with Gasteiger partial charge in [-0.05, 0) is 55.8 Å². The Morgan fingerprint density at radius 3 is 2.81 bits per heavy atom. The third-order valence-electron chi connectivity index (χ3n) is 10.7. The van der Waals surface area contributed by atoms with Crippen LogP contribution in [0.1, 0.15) is 37.7 Å². The Morgan fingerprint density at radius 1 is 1.12 bits per heavy atom. The number of methoxy groups -OCH3 is 2. The minimum atomic E-state index is -0.920. The van der Waals surface area contributed by atoms with Crippen LogP contribution in [-0.4, -0.2) is 96.8 Å². The van der Waals surface area contributed by atoms with E-state index in [1.807, 2.05) is 0 Å². The molecule has 2 bridgehead atoms. The zero-order chi connectivity index (χ0) is 33.2. The number of halogens is 3. The number of nitrogens with one attached hydrogen (secondary N) is 1. The van der Waals surface area contributed by atoms with Crippen molar-refractivity contribution in [3.63, 3.8) is 0 Å². The minimum Gasteiger partial charge on any atom is -0.497 e. The molecular formula is C36H37F3N6O3. The highest BCUT2D eigenvalue weighted by molar-refractivity contribution is 6.03. The van der Waals surface area contributed by atoms with E-state index in [2.05, 4.69) is 31.0 Å². The minimum absolute atomic E-state index is 0.00156. The van der Waals surface area contributed by atoms with Crippen LogP contribution in [-0.2, 0) is 4.74 Å². The van der Waals surface area contributed by atoms with Gasteiger partial charge in [-0.25, -0.2) is 13.2 Å². The van der Waals surface area contributed by atoms with Gasteiger partial charge in [0, 0.05) is 56.4 Å².